The minimum absolute atomic E-state index is 0.216. The second-order valence-electron chi connectivity index (χ2n) is 5.81. The number of anilines is 2. The van der Waals surface area contributed by atoms with Crippen LogP contribution in [-0.2, 0) is 0 Å². The maximum absolute atomic E-state index is 13.2. The van der Waals surface area contributed by atoms with Gasteiger partial charge >= 0.3 is 0 Å². The van der Waals surface area contributed by atoms with Crippen LogP contribution in [0.1, 0.15) is 0 Å². The summed E-state index contributed by atoms with van der Waals surface area (Å²) in [4.78, 5) is 22.0. The van der Waals surface area contributed by atoms with Crippen LogP contribution in [0.2, 0.25) is 5.02 Å². The molecule has 0 spiro atoms. The van der Waals surface area contributed by atoms with E-state index in [1.165, 1.54) is 4.57 Å². The second kappa shape index (κ2) is 7.09. The first-order chi connectivity index (χ1) is 13.2. The predicted molar refractivity (Wildman–Crippen MR) is 106 cm³/mol. The molecule has 0 radical (unpaired) electrons. The third-order valence-electron chi connectivity index (χ3n) is 4.05. The van der Waals surface area contributed by atoms with E-state index in [2.05, 4.69) is 15.3 Å². The molecule has 4 aromatic rings. The molecule has 7 heteroatoms. The van der Waals surface area contributed by atoms with E-state index in [0.717, 1.165) is 0 Å². The molecule has 0 bridgehead atoms. The molecule has 4 rings (SSSR count). The standard InChI is InChI=1S/C20H15ClN4O2/c1-27-16-10-14(11-22-12-16)23-20-24-18-8-7-13(21)9-17(18)19(26)25(20)15-5-3-2-4-6-15/h2-12H,1H3,(H,23,24). The molecule has 0 aliphatic rings. The summed E-state index contributed by atoms with van der Waals surface area (Å²) in [6.07, 6.45) is 3.24. The zero-order chi connectivity index (χ0) is 18.8. The van der Waals surface area contributed by atoms with Crippen LogP contribution >= 0.6 is 11.6 Å². The number of benzene rings is 2. The summed E-state index contributed by atoms with van der Waals surface area (Å²) in [6.45, 7) is 0. The van der Waals surface area contributed by atoms with E-state index in [9.17, 15) is 4.79 Å². The van der Waals surface area contributed by atoms with Gasteiger partial charge in [0.1, 0.15) is 5.75 Å². The zero-order valence-corrected chi connectivity index (χ0v) is 15.1. The Morgan fingerprint density at radius 1 is 1.07 bits per heavy atom. The maximum Gasteiger partial charge on any atom is 0.267 e. The summed E-state index contributed by atoms with van der Waals surface area (Å²) < 4.78 is 6.72. The fraction of sp³-hybridized carbons (Fsp3) is 0.0500. The van der Waals surface area contributed by atoms with Gasteiger partial charge in [-0.2, -0.15) is 0 Å². The molecule has 2 aromatic carbocycles. The van der Waals surface area contributed by atoms with E-state index in [1.54, 1.807) is 43.8 Å². The summed E-state index contributed by atoms with van der Waals surface area (Å²) in [6, 6.07) is 16.1. The highest BCUT2D eigenvalue weighted by atomic mass is 35.5. The number of rotatable bonds is 4. The lowest BCUT2D eigenvalue weighted by atomic mass is 10.2. The molecule has 6 nitrogen and oxygen atoms in total. The number of nitrogens with one attached hydrogen (secondary N) is 1. The molecular formula is C20H15ClN4O2. The summed E-state index contributed by atoms with van der Waals surface area (Å²) >= 11 is 6.08. The molecule has 0 fully saturated rings. The Morgan fingerprint density at radius 2 is 1.89 bits per heavy atom. The third kappa shape index (κ3) is 3.35. The zero-order valence-electron chi connectivity index (χ0n) is 14.4. The third-order valence-corrected chi connectivity index (χ3v) is 4.28. The summed E-state index contributed by atoms with van der Waals surface area (Å²) in [5, 5.41) is 4.10. The molecule has 27 heavy (non-hydrogen) atoms. The van der Waals surface area contributed by atoms with E-state index in [4.69, 9.17) is 16.3 Å². The largest absolute Gasteiger partial charge is 0.495 e. The highest BCUT2D eigenvalue weighted by Crippen LogP contribution is 2.23. The first-order valence-electron chi connectivity index (χ1n) is 8.19. The van der Waals surface area contributed by atoms with Crippen molar-refractivity contribution in [2.75, 3.05) is 12.4 Å². The van der Waals surface area contributed by atoms with Crippen molar-refractivity contribution >= 4 is 34.1 Å². The number of pyridine rings is 1. The average Bonchev–Trinajstić information content (AvgIpc) is 2.70. The van der Waals surface area contributed by atoms with Gasteiger partial charge in [-0.3, -0.25) is 9.78 Å². The number of halogens is 1. The van der Waals surface area contributed by atoms with Gasteiger partial charge in [-0.1, -0.05) is 29.8 Å². The molecule has 0 saturated carbocycles. The van der Waals surface area contributed by atoms with Crippen molar-refractivity contribution in [3.8, 4) is 11.4 Å². The first kappa shape index (κ1) is 17.1. The number of para-hydroxylation sites is 1. The number of hydrogen-bond acceptors (Lipinski definition) is 5. The minimum Gasteiger partial charge on any atom is -0.495 e. The van der Waals surface area contributed by atoms with Gasteiger partial charge in [0.2, 0.25) is 5.95 Å². The summed E-state index contributed by atoms with van der Waals surface area (Å²) in [7, 11) is 1.57. The predicted octanol–water partition coefficient (Wildman–Crippen LogP) is 4.19. The van der Waals surface area contributed by atoms with E-state index in [0.29, 0.717) is 39.0 Å². The van der Waals surface area contributed by atoms with Gasteiger partial charge < -0.3 is 10.1 Å². The van der Waals surface area contributed by atoms with Crippen LogP contribution in [0, 0.1) is 0 Å². The molecule has 134 valence electrons. The van der Waals surface area contributed by atoms with Gasteiger partial charge in [0.15, 0.2) is 0 Å². The Morgan fingerprint density at radius 3 is 2.67 bits per heavy atom. The number of nitrogens with zero attached hydrogens (tertiary/aromatic N) is 3. The highest BCUT2D eigenvalue weighted by Gasteiger charge is 2.14. The van der Waals surface area contributed by atoms with E-state index < -0.39 is 0 Å². The fourth-order valence-electron chi connectivity index (χ4n) is 2.79. The van der Waals surface area contributed by atoms with Crippen LogP contribution in [0.4, 0.5) is 11.6 Å². The monoisotopic (exact) mass is 378 g/mol. The van der Waals surface area contributed by atoms with Crippen LogP contribution in [0.3, 0.4) is 0 Å². The molecule has 0 aliphatic carbocycles. The van der Waals surface area contributed by atoms with Gasteiger partial charge in [-0.15, -0.1) is 0 Å². The van der Waals surface area contributed by atoms with Crippen molar-refractivity contribution in [3.05, 3.63) is 82.4 Å². The maximum atomic E-state index is 13.2. The molecule has 0 aliphatic heterocycles. The number of ether oxygens (including phenoxy) is 1. The fourth-order valence-corrected chi connectivity index (χ4v) is 2.96. The molecule has 2 heterocycles. The van der Waals surface area contributed by atoms with Crippen molar-refractivity contribution in [3.63, 3.8) is 0 Å². The SMILES string of the molecule is COc1cncc(Nc2nc3ccc(Cl)cc3c(=O)n2-c2ccccc2)c1. The molecule has 2 aromatic heterocycles. The smallest absolute Gasteiger partial charge is 0.267 e. The van der Waals surface area contributed by atoms with Crippen molar-refractivity contribution < 1.29 is 4.74 Å². The molecule has 0 atom stereocenters. The lowest BCUT2D eigenvalue weighted by Gasteiger charge is -2.15. The summed E-state index contributed by atoms with van der Waals surface area (Å²) in [5.74, 6) is 0.970. The van der Waals surface area contributed by atoms with Crippen molar-refractivity contribution in [2.45, 2.75) is 0 Å². The molecule has 0 saturated heterocycles. The van der Waals surface area contributed by atoms with Crippen molar-refractivity contribution in [2.24, 2.45) is 0 Å². The second-order valence-corrected chi connectivity index (χ2v) is 6.25. The number of hydrogen-bond donors (Lipinski definition) is 1. The molecule has 0 amide bonds. The Balaban J connectivity index is 1.95. The van der Waals surface area contributed by atoms with Gasteiger partial charge in [0.05, 0.1) is 41.8 Å². The van der Waals surface area contributed by atoms with Gasteiger partial charge in [-0.25, -0.2) is 9.55 Å². The minimum atomic E-state index is -0.216. The summed E-state index contributed by atoms with van der Waals surface area (Å²) in [5.41, 5.74) is 1.68. The highest BCUT2D eigenvalue weighted by molar-refractivity contribution is 6.31. The molecular weight excluding hydrogens is 364 g/mol. The number of fused-ring (bicyclic) bond motifs is 1. The quantitative estimate of drug-likeness (QED) is 0.576. The van der Waals surface area contributed by atoms with Crippen LogP contribution in [0.15, 0.2) is 71.8 Å². The van der Waals surface area contributed by atoms with Gasteiger partial charge in [-0.05, 0) is 30.3 Å². The normalized spacial score (nSPS) is 10.7. The first-order valence-corrected chi connectivity index (χ1v) is 8.57. The van der Waals surface area contributed by atoms with E-state index in [-0.39, 0.29) is 5.56 Å². The topological polar surface area (TPSA) is 69.0 Å². The average molecular weight is 379 g/mol. The van der Waals surface area contributed by atoms with Crippen molar-refractivity contribution in [1.82, 2.24) is 14.5 Å². The Labute approximate surface area is 160 Å². The van der Waals surface area contributed by atoms with Crippen LogP contribution in [0.25, 0.3) is 16.6 Å². The van der Waals surface area contributed by atoms with Crippen molar-refractivity contribution in [1.29, 1.82) is 0 Å². The van der Waals surface area contributed by atoms with Crippen LogP contribution in [-0.4, -0.2) is 21.6 Å². The Bertz CT molecular complexity index is 1180. The Kier molecular flexibility index (Phi) is 4.48. The lowest BCUT2D eigenvalue weighted by Crippen LogP contribution is -2.22. The van der Waals surface area contributed by atoms with E-state index in [1.807, 2.05) is 30.3 Å². The van der Waals surface area contributed by atoms with Crippen LogP contribution in [0.5, 0.6) is 5.75 Å². The number of aromatic nitrogens is 3. The van der Waals surface area contributed by atoms with Crippen LogP contribution < -0.4 is 15.6 Å². The Hall–Kier alpha value is -3.38. The van der Waals surface area contributed by atoms with E-state index >= 15 is 0 Å². The number of methoxy groups -OCH3 is 1. The molecule has 1 N–H and O–H groups in total. The van der Waals surface area contributed by atoms with Gasteiger partial charge in [0.25, 0.3) is 5.56 Å². The lowest BCUT2D eigenvalue weighted by molar-refractivity contribution is 0.413. The van der Waals surface area contributed by atoms with Gasteiger partial charge in [0, 0.05) is 11.1 Å². The molecule has 0 unspecified atom stereocenters.